The van der Waals surface area contributed by atoms with E-state index in [1.807, 2.05) is 12.1 Å². The Bertz CT molecular complexity index is 837. The molecule has 1 aromatic carbocycles. The van der Waals surface area contributed by atoms with Gasteiger partial charge in [-0.25, -0.2) is 4.98 Å². The van der Waals surface area contributed by atoms with Crippen LogP contribution in [0.5, 0.6) is 0 Å². The van der Waals surface area contributed by atoms with E-state index in [0.29, 0.717) is 18.9 Å². The second kappa shape index (κ2) is 7.83. The highest BCUT2D eigenvalue weighted by molar-refractivity contribution is 7.22. The summed E-state index contributed by atoms with van der Waals surface area (Å²) in [6.45, 7) is 6.85. The van der Waals surface area contributed by atoms with Crippen LogP contribution in [0.25, 0.3) is 10.2 Å². The van der Waals surface area contributed by atoms with Gasteiger partial charge < -0.3 is 4.42 Å². The van der Waals surface area contributed by atoms with E-state index in [1.54, 1.807) is 22.5 Å². The van der Waals surface area contributed by atoms with E-state index >= 15 is 0 Å². The Kier molecular flexibility index (Phi) is 5.53. The maximum atomic E-state index is 12.8. The summed E-state index contributed by atoms with van der Waals surface area (Å²) < 4.78 is 6.58. The molecule has 3 rings (SSSR count). The van der Waals surface area contributed by atoms with Gasteiger partial charge in [0.1, 0.15) is 5.76 Å². The Morgan fingerprint density at radius 3 is 2.80 bits per heavy atom. The molecular formula is C20H24N2O2S. The number of nitrogens with zero attached hydrogens (tertiary/aromatic N) is 2. The Labute approximate surface area is 152 Å². The number of carbonyl (C=O) groups excluding carboxylic acids is 1. The monoisotopic (exact) mass is 356 g/mol. The van der Waals surface area contributed by atoms with Crippen LogP contribution < -0.4 is 4.90 Å². The molecule has 0 aliphatic carbocycles. The van der Waals surface area contributed by atoms with Crippen molar-refractivity contribution in [2.75, 3.05) is 4.90 Å². The molecule has 132 valence electrons. The Morgan fingerprint density at radius 2 is 2.12 bits per heavy atom. The highest BCUT2D eigenvalue weighted by atomic mass is 32.1. The first-order valence-corrected chi connectivity index (χ1v) is 9.64. The molecule has 3 aromatic rings. The molecule has 4 nitrogen and oxygen atoms in total. The molecule has 2 heterocycles. The van der Waals surface area contributed by atoms with Crippen molar-refractivity contribution in [2.24, 2.45) is 0 Å². The third kappa shape index (κ3) is 3.93. The molecule has 0 spiro atoms. The molecule has 0 fully saturated rings. The van der Waals surface area contributed by atoms with Crippen molar-refractivity contribution in [3.63, 3.8) is 0 Å². The van der Waals surface area contributed by atoms with Crippen LogP contribution in [-0.4, -0.2) is 10.9 Å². The van der Waals surface area contributed by atoms with Crippen LogP contribution in [-0.2, 0) is 11.3 Å². The third-order valence-electron chi connectivity index (χ3n) is 4.23. The largest absolute Gasteiger partial charge is 0.467 e. The van der Waals surface area contributed by atoms with Gasteiger partial charge in [0.15, 0.2) is 5.13 Å². The molecule has 0 atom stereocenters. The molecule has 0 aliphatic heterocycles. The van der Waals surface area contributed by atoms with Crippen molar-refractivity contribution in [2.45, 2.75) is 52.5 Å². The second-order valence-electron chi connectivity index (χ2n) is 6.51. The number of hydrogen-bond donors (Lipinski definition) is 0. The summed E-state index contributed by atoms with van der Waals surface area (Å²) in [5.74, 6) is 1.27. The standard InChI is InChI=1S/C20H24N2O2S/c1-4-5-11-18(23)22(13-15-8-7-12-24-15)20-21-19-16(14(2)3)9-6-10-17(19)25-20/h6-10,12,14H,4-5,11,13H2,1-3H3. The van der Waals surface area contributed by atoms with Crippen LogP contribution in [0.2, 0.25) is 0 Å². The van der Waals surface area contributed by atoms with Gasteiger partial charge in [-0.1, -0.05) is 50.7 Å². The van der Waals surface area contributed by atoms with Crippen molar-refractivity contribution in [3.8, 4) is 0 Å². The lowest BCUT2D eigenvalue weighted by Crippen LogP contribution is -2.29. The van der Waals surface area contributed by atoms with E-state index in [0.717, 1.165) is 34.0 Å². The van der Waals surface area contributed by atoms with Gasteiger partial charge in [0.25, 0.3) is 0 Å². The lowest BCUT2D eigenvalue weighted by Gasteiger charge is -2.18. The quantitative estimate of drug-likeness (QED) is 0.542. The number of rotatable bonds is 7. The van der Waals surface area contributed by atoms with Crippen LogP contribution in [0.1, 0.15) is 57.3 Å². The van der Waals surface area contributed by atoms with Crippen LogP contribution >= 0.6 is 11.3 Å². The number of amides is 1. The van der Waals surface area contributed by atoms with Crippen molar-refractivity contribution >= 4 is 32.6 Å². The Morgan fingerprint density at radius 1 is 1.28 bits per heavy atom. The van der Waals surface area contributed by atoms with Crippen LogP contribution in [0, 0.1) is 0 Å². The predicted octanol–water partition coefficient (Wildman–Crippen LogP) is 5.74. The summed E-state index contributed by atoms with van der Waals surface area (Å²) in [7, 11) is 0. The molecule has 0 unspecified atom stereocenters. The van der Waals surface area contributed by atoms with E-state index < -0.39 is 0 Å². The van der Waals surface area contributed by atoms with Gasteiger partial charge in [-0.2, -0.15) is 0 Å². The Hall–Kier alpha value is -2.14. The van der Waals surface area contributed by atoms with Crippen LogP contribution in [0.15, 0.2) is 41.0 Å². The molecule has 0 saturated heterocycles. The summed E-state index contributed by atoms with van der Waals surface area (Å²) in [6, 6.07) is 10.00. The zero-order valence-corrected chi connectivity index (χ0v) is 15.8. The highest BCUT2D eigenvalue weighted by Crippen LogP contribution is 2.34. The van der Waals surface area contributed by atoms with Gasteiger partial charge in [0.2, 0.25) is 5.91 Å². The summed E-state index contributed by atoms with van der Waals surface area (Å²) in [4.78, 5) is 19.4. The number of hydrogen-bond acceptors (Lipinski definition) is 4. The molecule has 0 saturated carbocycles. The smallest absolute Gasteiger partial charge is 0.229 e. The second-order valence-corrected chi connectivity index (χ2v) is 7.52. The van der Waals surface area contributed by atoms with Crippen molar-refractivity contribution in [3.05, 3.63) is 47.9 Å². The normalized spacial score (nSPS) is 11.4. The summed E-state index contributed by atoms with van der Waals surface area (Å²) >= 11 is 1.57. The lowest BCUT2D eigenvalue weighted by molar-refractivity contribution is -0.118. The van der Waals surface area contributed by atoms with Gasteiger partial charge in [-0.15, -0.1) is 0 Å². The molecular weight excluding hydrogens is 332 g/mol. The van der Waals surface area contributed by atoms with E-state index in [4.69, 9.17) is 9.40 Å². The molecule has 0 N–H and O–H groups in total. The summed E-state index contributed by atoms with van der Waals surface area (Å²) in [6.07, 6.45) is 4.05. The van der Waals surface area contributed by atoms with Crippen molar-refractivity contribution in [1.29, 1.82) is 0 Å². The minimum Gasteiger partial charge on any atom is -0.467 e. The number of carbonyl (C=O) groups is 1. The van der Waals surface area contributed by atoms with Gasteiger partial charge >= 0.3 is 0 Å². The van der Waals surface area contributed by atoms with E-state index in [2.05, 4.69) is 39.0 Å². The fourth-order valence-corrected chi connectivity index (χ4v) is 3.84. The van der Waals surface area contributed by atoms with Gasteiger partial charge in [-0.05, 0) is 36.1 Å². The number of furan rings is 1. The summed E-state index contributed by atoms with van der Waals surface area (Å²) in [5.41, 5.74) is 2.23. The number of anilines is 1. The first kappa shape index (κ1) is 17.7. The van der Waals surface area contributed by atoms with Crippen LogP contribution in [0.4, 0.5) is 5.13 Å². The number of benzene rings is 1. The number of unbranched alkanes of at least 4 members (excludes halogenated alkanes) is 1. The molecule has 5 heteroatoms. The van der Waals surface area contributed by atoms with Crippen LogP contribution in [0.3, 0.4) is 0 Å². The van der Waals surface area contributed by atoms with E-state index in [-0.39, 0.29) is 5.91 Å². The SMILES string of the molecule is CCCCC(=O)N(Cc1ccco1)c1nc2c(C(C)C)cccc2s1. The third-order valence-corrected chi connectivity index (χ3v) is 5.27. The maximum absolute atomic E-state index is 12.8. The number of aromatic nitrogens is 1. The maximum Gasteiger partial charge on any atom is 0.229 e. The number of fused-ring (bicyclic) bond motifs is 1. The predicted molar refractivity (Wildman–Crippen MR) is 103 cm³/mol. The topological polar surface area (TPSA) is 46.3 Å². The molecule has 1 amide bonds. The molecule has 0 aliphatic rings. The zero-order chi connectivity index (χ0) is 17.8. The fourth-order valence-electron chi connectivity index (χ4n) is 2.82. The Balaban J connectivity index is 1.98. The van der Waals surface area contributed by atoms with Gasteiger partial charge in [0, 0.05) is 6.42 Å². The minimum atomic E-state index is 0.100. The first-order chi connectivity index (χ1) is 12.1. The van der Waals surface area contributed by atoms with E-state index in [9.17, 15) is 4.79 Å². The number of thiazole rings is 1. The minimum absolute atomic E-state index is 0.100. The molecule has 0 bridgehead atoms. The molecule has 2 aromatic heterocycles. The highest BCUT2D eigenvalue weighted by Gasteiger charge is 2.21. The zero-order valence-electron chi connectivity index (χ0n) is 15.0. The van der Waals surface area contributed by atoms with Gasteiger partial charge in [-0.3, -0.25) is 9.69 Å². The van der Waals surface area contributed by atoms with Gasteiger partial charge in [0.05, 0.1) is 23.0 Å². The fraction of sp³-hybridized carbons (Fsp3) is 0.400. The molecule has 25 heavy (non-hydrogen) atoms. The number of para-hydroxylation sites is 1. The lowest BCUT2D eigenvalue weighted by atomic mass is 10.0. The van der Waals surface area contributed by atoms with E-state index in [1.165, 1.54) is 5.56 Å². The van der Waals surface area contributed by atoms with Crippen molar-refractivity contribution < 1.29 is 9.21 Å². The van der Waals surface area contributed by atoms with Crippen molar-refractivity contribution in [1.82, 2.24) is 4.98 Å². The first-order valence-electron chi connectivity index (χ1n) is 8.82. The summed E-state index contributed by atoms with van der Waals surface area (Å²) in [5, 5.41) is 0.751. The average Bonchev–Trinajstić information content (AvgIpc) is 3.25. The average molecular weight is 356 g/mol. The molecule has 0 radical (unpaired) electrons.